The fourth-order valence-corrected chi connectivity index (χ4v) is 1.80. The first-order valence-corrected chi connectivity index (χ1v) is 5.55. The zero-order chi connectivity index (χ0) is 12.2. The number of benzene rings is 1. The summed E-state index contributed by atoms with van der Waals surface area (Å²) in [6.45, 7) is 0.459. The fourth-order valence-electron chi connectivity index (χ4n) is 1.26. The SMILES string of the molecule is NCC[C@H](N)c1ccc(SC(F)(F)F)cc1. The van der Waals surface area contributed by atoms with Gasteiger partial charge in [0.25, 0.3) is 0 Å². The molecule has 0 amide bonds. The third kappa shape index (κ3) is 4.42. The van der Waals surface area contributed by atoms with Gasteiger partial charge in [-0.1, -0.05) is 12.1 Å². The Morgan fingerprint density at radius 1 is 1.19 bits per heavy atom. The molecule has 0 aliphatic heterocycles. The van der Waals surface area contributed by atoms with Crippen LogP contribution in [-0.2, 0) is 0 Å². The van der Waals surface area contributed by atoms with Crippen LogP contribution in [0.3, 0.4) is 0 Å². The van der Waals surface area contributed by atoms with E-state index in [4.69, 9.17) is 11.5 Å². The van der Waals surface area contributed by atoms with Crippen molar-refractivity contribution in [2.75, 3.05) is 6.54 Å². The molecule has 6 heteroatoms. The molecular formula is C10H13F3N2S. The number of hydrogen-bond acceptors (Lipinski definition) is 3. The Hall–Kier alpha value is -0.720. The van der Waals surface area contributed by atoms with E-state index in [2.05, 4.69) is 0 Å². The van der Waals surface area contributed by atoms with Gasteiger partial charge in [-0.2, -0.15) is 13.2 Å². The molecule has 2 nitrogen and oxygen atoms in total. The molecule has 1 aromatic rings. The van der Waals surface area contributed by atoms with E-state index >= 15 is 0 Å². The average molecular weight is 250 g/mol. The zero-order valence-corrected chi connectivity index (χ0v) is 9.31. The first kappa shape index (κ1) is 13.3. The molecule has 4 N–H and O–H groups in total. The van der Waals surface area contributed by atoms with Crippen LogP contribution in [0.2, 0.25) is 0 Å². The molecule has 0 bridgehead atoms. The van der Waals surface area contributed by atoms with E-state index in [1.165, 1.54) is 12.1 Å². The van der Waals surface area contributed by atoms with Crippen LogP contribution in [-0.4, -0.2) is 12.1 Å². The molecule has 1 rings (SSSR count). The van der Waals surface area contributed by atoms with Crippen molar-refractivity contribution in [3.05, 3.63) is 29.8 Å². The monoisotopic (exact) mass is 250 g/mol. The lowest BCUT2D eigenvalue weighted by Gasteiger charge is -2.11. The van der Waals surface area contributed by atoms with Gasteiger partial charge in [-0.05, 0) is 42.4 Å². The lowest BCUT2D eigenvalue weighted by molar-refractivity contribution is -0.0328. The number of hydrogen-bond donors (Lipinski definition) is 2. The van der Waals surface area contributed by atoms with Gasteiger partial charge in [-0.25, -0.2) is 0 Å². The molecule has 0 aliphatic rings. The van der Waals surface area contributed by atoms with Crippen LogP contribution in [0, 0.1) is 0 Å². The molecule has 0 aromatic heterocycles. The largest absolute Gasteiger partial charge is 0.446 e. The van der Waals surface area contributed by atoms with Crippen LogP contribution in [0.1, 0.15) is 18.0 Å². The first-order valence-electron chi connectivity index (χ1n) is 4.74. The molecule has 0 saturated carbocycles. The van der Waals surface area contributed by atoms with E-state index in [9.17, 15) is 13.2 Å². The molecule has 0 heterocycles. The molecule has 0 fully saturated rings. The van der Waals surface area contributed by atoms with Gasteiger partial charge >= 0.3 is 5.51 Å². The minimum absolute atomic E-state index is 0.131. The van der Waals surface area contributed by atoms with Gasteiger partial charge in [0.1, 0.15) is 0 Å². The molecule has 0 unspecified atom stereocenters. The van der Waals surface area contributed by atoms with Gasteiger partial charge in [0, 0.05) is 10.9 Å². The maximum Gasteiger partial charge on any atom is 0.446 e. The van der Waals surface area contributed by atoms with Crippen molar-refractivity contribution in [1.82, 2.24) is 0 Å². The molecule has 1 aromatic carbocycles. The van der Waals surface area contributed by atoms with Gasteiger partial charge in [-0.3, -0.25) is 0 Å². The highest BCUT2D eigenvalue weighted by Crippen LogP contribution is 2.36. The van der Waals surface area contributed by atoms with Crippen LogP contribution in [0.25, 0.3) is 0 Å². The van der Waals surface area contributed by atoms with E-state index in [0.29, 0.717) is 13.0 Å². The standard InChI is InChI=1S/C10H13F3N2S/c11-10(12,13)16-8-3-1-7(2-4-8)9(15)5-6-14/h1-4,9H,5-6,14-15H2/t9-/m0/s1. The van der Waals surface area contributed by atoms with Crippen LogP contribution in [0.5, 0.6) is 0 Å². The van der Waals surface area contributed by atoms with Gasteiger partial charge in [-0.15, -0.1) is 0 Å². The Morgan fingerprint density at radius 2 is 1.75 bits per heavy atom. The van der Waals surface area contributed by atoms with Crippen molar-refractivity contribution < 1.29 is 13.2 Å². The number of halogens is 3. The quantitative estimate of drug-likeness (QED) is 0.808. The van der Waals surface area contributed by atoms with Gasteiger partial charge in [0.2, 0.25) is 0 Å². The molecule has 0 saturated heterocycles. The smallest absolute Gasteiger partial charge is 0.330 e. The van der Waals surface area contributed by atoms with Crippen LogP contribution >= 0.6 is 11.8 Å². The van der Waals surface area contributed by atoms with E-state index in [1.807, 2.05) is 0 Å². The molecule has 0 radical (unpaired) electrons. The van der Waals surface area contributed by atoms with Crippen LogP contribution < -0.4 is 11.5 Å². The molecule has 0 spiro atoms. The van der Waals surface area contributed by atoms with Gasteiger partial charge in [0.05, 0.1) is 0 Å². The molecular weight excluding hydrogens is 237 g/mol. The highest BCUT2D eigenvalue weighted by Gasteiger charge is 2.29. The Bertz CT molecular complexity index is 324. The summed E-state index contributed by atoms with van der Waals surface area (Å²) >= 11 is -0.131. The van der Waals surface area contributed by atoms with Crippen LogP contribution in [0.15, 0.2) is 29.2 Å². The summed E-state index contributed by atoms with van der Waals surface area (Å²) in [7, 11) is 0. The highest BCUT2D eigenvalue weighted by atomic mass is 32.2. The highest BCUT2D eigenvalue weighted by molar-refractivity contribution is 8.00. The lowest BCUT2D eigenvalue weighted by atomic mass is 10.1. The Balaban J connectivity index is 2.68. The summed E-state index contributed by atoms with van der Waals surface area (Å²) in [5.74, 6) is 0. The Kier molecular flexibility index (Phi) is 4.64. The number of alkyl halides is 3. The molecule has 0 aliphatic carbocycles. The summed E-state index contributed by atoms with van der Waals surface area (Å²) in [5, 5.41) is 0. The van der Waals surface area contributed by atoms with E-state index in [-0.39, 0.29) is 22.7 Å². The zero-order valence-electron chi connectivity index (χ0n) is 8.50. The fraction of sp³-hybridized carbons (Fsp3) is 0.400. The van der Waals surface area contributed by atoms with Crippen molar-refractivity contribution >= 4 is 11.8 Å². The van der Waals surface area contributed by atoms with Crippen molar-refractivity contribution in [2.24, 2.45) is 11.5 Å². The first-order chi connectivity index (χ1) is 7.42. The summed E-state index contributed by atoms with van der Waals surface area (Å²) in [6.07, 6.45) is 0.617. The minimum atomic E-state index is -4.25. The van der Waals surface area contributed by atoms with E-state index in [0.717, 1.165) is 5.56 Å². The average Bonchev–Trinajstić information content (AvgIpc) is 2.16. The van der Waals surface area contributed by atoms with Crippen molar-refractivity contribution in [3.8, 4) is 0 Å². The predicted molar refractivity (Wildman–Crippen MR) is 59.0 cm³/mol. The normalized spacial score (nSPS) is 13.8. The third-order valence-corrected chi connectivity index (χ3v) is 2.76. The second-order valence-electron chi connectivity index (χ2n) is 3.30. The molecule has 16 heavy (non-hydrogen) atoms. The van der Waals surface area contributed by atoms with Crippen LogP contribution in [0.4, 0.5) is 13.2 Å². The minimum Gasteiger partial charge on any atom is -0.330 e. The van der Waals surface area contributed by atoms with E-state index < -0.39 is 5.51 Å². The number of nitrogens with two attached hydrogens (primary N) is 2. The van der Waals surface area contributed by atoms with Crippen molar-refractivity contribution in [1.29, 1.82) is 0 Å². The Labute approximate surface area is 96.2 Å². The van der Waals surface area contributed by atoms with E-state index in [1.54, 1.807) is 12.1 Å². The summed E-state index contributed by atoms with van der Waals surface area (Å²) in [6, 6.07) is 5.84. The summed E-state index contributed by atoms with van der Waals surface area (Å²) in [4.78, 5) is 0.163. The summed E-state index contributed by atoms with van der Waals surface area (Å²) in [5.41, 5.74) is 7.67. The lowest BCUT2D eigenvalue weighted by Crippen LogP contribution is -2.15. The van der Waals surface area contributed by atoms with Crippen molar-refractivity contribution in [3.63, 3.8) is 0 Å². The predicted octanol–water partition coefficient (Wildman–Crippen LogP) is 2.65. The maximum absolute atomic E-state index is 12.0. The number of rotatable bonds is 4. The molecule has 1 atom stereocenters. The third-order valence-electron chi connectivity index (χ3n) is 2.02. The van der Waals surface area contributed by atoms with Gasteiger partial charge in [0.15, 0.2) is 0 Å². The molecule has 90 valence electrons. The van der Waals surface area contributed by atoms with Crippen molar-refractivity contribution in [2.45, 2.75) is 22.9 Å². The summed E-state index contributed by atoms with van der Waals surface area (Å²) < 4.78 is 36.1. The topological polar surface area (TPSA) is 52.0 Å². The second-order valence-corrected chi connectivity index (χ2v) is 4.44. The number of thioether (sulfide) groups is 1. The van der Waals surface area contributed by atoms with Gasteiger partial charge < -0.3 is 11.5 Å². The second kappa shape index (κ2) is 5.56. The maximum atomic E-state index is 12.0. The Morgan fingerprint density at radius 3 is 2.19 bits per heavy atom.